The fourth-order valence-corrected chi connectivity index (χ4v) is 1.92. The zero-order valence-electron chi connectivity index (χ0n) is 9.04. The Kier molecular flexibility index (Phi) is 5.03. The molecule has 94 valence electrons. The first-order chi connectivity index (χ1) is 7.97. The first-order valence-electron chi connectivity index (χ1n) is 4.83. The van der Waals surface area contributed by atoms with E-state index in [4.69, 9.17) is 10.5 Å². The van der Waals surface area contributed by atoms with Crippen molar-refractivity contribution in [2.45, 2.75) is 19.8 Å². The monoisotopic (exact) mass is 356 g/mol. The molecule has 1 aromatic rings. The second-order valence-corrected chi connectivity index (χ2v) is 4.25. The summed E-state index contributed by atoms with van der Waals surface area (Å²) in [6.45, 7) is 1.86. The van der Waals surface area contributed by atoms with Crippen LogP contribution in [-0.2, 0) is 16.0 Å². The van der Waals surface area contributed by atoms with Gasteiger partial charge in [0.15, 0.2) is 0 Å². The maximum atomic E-state index is 12.7. The highest BCUT2D eigenvalue weighted by Gasteiger charge is 2.20. The molecule has 0 aliphatic rings. The van der Waals surface area contributed by atoms with Gasteiger partial charge in [0.2, 0.25) is 0 Å². The number of aromatic nitrogens is 1. The van der Waals surface area contributed by atoms with Crippen LogP contribution in [0, 0.1) is 3.57 Å². The van der Waals surface area contributed by atoms with Crippen molar-refractivity contribution in [3.05, 3.63) is 20.9 Å². The number of alkyl halides is 2. The third kappa shape index (κ3) is 3.48. The largest absolute Gasteiger partial charge is 0.466 e. The third-order valence-electron chi connectivity index (χ3n) is 2.04. The summed E-state index contributed by atoms with van der Waals surface area (Å²) < 4.78 is 30.6. The van der Waals surface area contributed by atoms with E-state index in [0.29, 0.717) is 3.57 Å². The summed E-state index contributed by atoms with van der Waals surface area (Å²) in [5, 5.41) is 0. The zero-order valence-corrected chi connectivity index (χ0v) is 11.2. The second kappa shape index (κ2) is 6.08. The van der Waals surface area contributed by atoms with Crippen LogP contribution in [0.1, 0.15) is 24.5 Å². The molecule has 1 heterocycles. The average Bonchev–Trinajstić information content (AvgIpc) is 2.25. The SMILES string of the molecule is CCOC(=O)Cc1c(C(F)F)cnc(N)c1I. The van der Waals surface area contributed by atoms with Crippen molar-refractivity contribution in [2.24, 2.45) is 0 Å². The van der Waals surface area contributed by atoms with Gasteiger partial charge in [-0.05, 0) is 35.1 Å². The normalized spacial score (nSPS) is 10.6. The number of anilines is 1. The summed E-state index contributed by atoms with van der Waals surface area (Å²) in [5.41, 5.74) is 5.43. The van der Waals surface area contributed by atoms with Crippen molar-refractivity contribution in [1.82, 2.24) is 4.98 Å². The molecule has 4 nitrogen and oxygen atoms in total. The lowest BCUT2D eigenvalue weighted by atomic mass is 10.1. The van der Waals surface area contributed by atoms with E-state index in [9.17, 15) is 13.6 Å². The Balaban J connectivity index is 3.10. The molecule has 0 radical (unpaired) electrons. The first-order valence-corrected chi connectivity index (χ1v) is 5.91. The van der Waals surface area contributed by atoms with E-state index < -0.39 is 12.4 Å². The summed E-state index contributed by atoms with van der Waals surface area (Å²) in [7, 11) is 0. The van der Waals surface area contributed by atoms with Gasteiger partial charge in [0, 0.05) is 11.8 Å². The molecular formula is C10H11F2IN2O2. The van der Waals surface area contributed by atoms with Crippen LogP contribution in [-0.4, -0.2) is 17.6 Å². The lowest BCUT2D eigenvalue weighted by Crippen LogP contribution is -2.12. The van der Waals surface area contributed by atoms with Gasteiger partial charge < -0.3 is 10.5 Å². The van der Waals surface area contributed by atoms with E-state index in [0.717, 1.165) is 6.20 Å². The molecule has 0 saturated carbocycles. The molecule has 1 rings (SSSR count). The van der Waals surface area contributed by atoms with Crippen LogP contribution in [0.5, 0.6) is 0 Å². The number of halogens is 3. The Morgan fingerprint density at radius 1 is 1.65 bits per heavy atom. The van der Waals surface area contributed by atoms with Crippen LogP contribution in [0.4, 0.5) is 14.6 Å². The molecule has 0 aromatic carbocycles. The summed E-state index contributed by atoms with van der Waals surface area (Å²) in [6.07, 6.45) is -1.92. The van der Waals surface area contributed by atoms with Crippen LogP contribution < -0.4 is 5.73 Å². The molecule has 0 atom stereocenters. The molecule has 0 amide bonds. The number of nitrogen functional groups attached to an aromatic ring is 1. The molecule has 0 bridgehead atoms. The van der Waals surface area contributed by atoms with Gasteiger partial charge in [-0.15, -0.1) is 0 Å². The topological polar surface area (TPSA) is 65.2 Å². The Morgan fingerprint density at radius 2 is 2.29 bits per heavy atom. The van der Waals surface area contributed by atoms with Crippen molar-refractivity contribution >= 4 is 34.4 Å². The number of hydrogen-bond donors (Lipinski definition) is 1. The van der Waals surface area contributed by atoms with Crippen LogP contribution in [0.25, 0.3) is 0 Å². The number of rotatable bonds is 4. The lowest BCUT2D eigenvalue weighted by molar-refractivity contribution is -0.142. The van der Waals surface area contributed by atoms with Gasteiger partial charge in [-0.25, -0.2) is 13.8 Å². The van der Waals surface area contributed by atoms with Gasteiger partial charge in [0.25, 0.3) is 6.43 Å². The maximum Gasteiger partial charge on any atom is 0.310 e. The molecule has 7 heteroatoms. The standard InChI is InChI=1S/C10H11F2IN2O2/c1-2-17-7(16)3-5-6(9(11)12)4-15-10(14)8(5)13/h4,9H,2-3H2,1H3,(H2,14,15). The number of hydrogen-bond acceptors (Lipinski definition) is 4. The number of ether oxygens (including phenoxy) is 1. The number of pyridine rings is 1. The Hall–Kier alpha value is -0.990. The van der Waals surface area contributed by atoms with Gasteiger partial charge in [0.1, 0.15) is 5.82 Å². The van der Waals surface area contributed by atoms with Crippen molar-refractivity contribution in [2.75, 3.05) is 12.3 Å². The van der Waals surface area contributed by atoms with E-state index >= 15 is 0 Å². The minimum atomic E-state index is -2.69. The Bertz CT molecular complexity index is 427. The number of nitrogens with zero attached hydrogens (tertiary/aromatic N) is 1. The second-order valence-electron chi connectivity index (χ2n) is 3.17. The minimum absolute atomic E-state index is 0.134. The van der Waals surface area contributed by atoms with Crippen molar-refractivity contribution in [1.29, 1.82) is 0 Å². The van der Waals surface area contributed by atoms with Gasteiger partial charge in [-0.2, -0.15) is 0 Å². The quantitative estimate of drug-likeness (QED) is 0.664. The minimum Gasteiger partial charge on any atom is -0.466 e. The number of nitrogens with two attached hydrogens (primary N) is 1. The molecule has 2 N–H and O–H groups in total. The highest BCUT2D eigenvalue weighted by atomic mass is 127. The molecule has 17 heavy (non-hydrogen) atoms. The first kappa shape index (κ1) is 14.1. The molecule has 0 aliphatic carbocycles. The summed E-state index contributed by atoms with van der Waals surface area (Å²) in [6, 6.07) is 0. The molecular weight excluding hydrogens is 345 g/mol. The highest BCUT2D eigenvalue weighted by Crippen LogP contribution is 2.29. The van der Waals surface area contributed by atoms with Crippen LogP contribution >= 0.6 is 22.6 Å². The molecule has 0 spiro atoms. The van der Waals surface area contributed by atoms with Gasteiger partial charge in [-0.1, -0.05) is 0 Å². The van der Waals surface area contributed by atoms with E-state index in [1.807, 2.05) is 0 Å². The molecule has 0 unspecified atom stereocenters. The predicted molar refractivity (Wildman–Crippen MR) is 66.7 cm³/mol. The number of carbonyl (C=O) groups is 1. The fraction of sp³-hybridized carbons (Fsp3) is 0.400. The van der Waals surface area contributed by atoms with E-state index in [1.54, 1.807) is 29.5 Å². The van der Waals surface area contributed by atoms with E-state index in [1.165, 1.54) is 0 Å². The number of carbonyl (C=O) groups excluding carboxylic acids is 1. The van der Waals surface area contributed by atoms with E-state index in [2.05, 4.69) is 4.98 Å². The lowest BCUT2D eigenvalue weighted by Gasteiger charge is -2.11. The molecule has 0 aliphatic heterocycles. The third-order valence-corrected chi connectivity index (χ3v) is 3.25. The summed E-state index contributed by atoms with van der Waals surface area (Å²) >= 11 is 1.80. The van der Waals surface area contributed by atoms with Crippen molar-refractivity contribution in [3.63, 3.8) is 0 Å². The fourth-order valence-electron chi connectivity index (χ4n) is 1.28. The van der Waals surface area contributed by atoms with Gasteiger partial charge >= 0.3 is 5.97 Å². The Morgan fingerprint density at radius 3 is 2.82 bits per heavy atom. The predicted octanol–water partition coefficient (Wildman–Crippen LogP) is 2.31. The number of esters is 1. The van der Waals surface area contributed by atoms with Crippen LogP contribution in [0.15, 0.2) is 6.20 Å². The Labute approximate surface area is 111 Å². The molecule has 0 fully saturated rings. The zero-order chi connectivity index (χ0) is 13.0. The maximum absolute atomic E-state index is 12.7. The highest BCUT2D eigenvalue weighted by molar-refractivity contribution is 14.1. The summed E-state index contributed by atoms with van der Waals surface area (Å²) in [4.78, 5) is 15.0. The van der Waals surface area contributed by atoms with Crippen LogP contribution in [0.3, 0.4) is 0 Å². The molecule has 1 aromatic heterocycles. The smallest absolute Gasteiger partial charge is 0.310 e. The van der Waals surface area contributed by atoms with Gasteiger partial charge in [0.05, 0.1) is 16.6 Å². The summed E-state index contributed by atoms with van der Waals surface area (Å²) in [5.74, 6) is -0.424. The van der Waals surface area contributed by atoms with Crippen LogP contribution in [0.2, 0.25) is 0 Å². The van der Waals surface area contributed by atoms with Crippen molar-refractivity contribution < 1.29 is 18.3 Å². The van der Waals surface area contributed by atoms with Gasteiger partial charge in [-0.3, -0.25) is 4.79 Å². The van der Waals surface area contributed by atoms with E-state index in [-0.39, 0.29) is 30.0 Å². The average molecular weight is 356 g/mol. The van der Waals surface area contributed by atoms with Crippen molar-refractivity contribution in [3.8, 4) is 0 Å². The molecule has 0 saturated heterocycles.